The number of benzene rings is 7. The van der Waals surface area contributed by atoms with Crippen molar-refractivity contribution < 1.29 is 29.0 Å². The summed E-state index contributed by atoms with van der Waals surface area (Å²) in [5.74, 6) is 0.130. The number of methoxy groups -OCH3 is 1. The van der Waals surface area contributed by atoms with Gasteiger partial charge in [-0.25, -0.2) is 0 Å². The van der Waals surface area contributed by atoms with E-state index in [4.69, 9.17) is 9.47 Å². The van der Waals surface area contributed by atoms with Gasteiger partial charge in [-0.1, -0.05) is 98.0 Å². The molecule has 4 atom stereocenters. The smallest absolute Gasteiger partial charge is 0.264 e. The van der Waals surface area contributed by atoms with Crippen molar-refractivity contribution in [2.75, 3.05) is 28.4 Å². The molecule has 10 heteroatoms. The van der Waals surface area contributed by atoms with Crippen LogP contribution in [0.3, 0.4) is 0 Å². The van der Waals surface area contributed by atoms with Crippen LogP contribution in [0.1, 0.15) is 45.2 Å². The van der Waals surface area contributed by atoms with E-state index in [2.05, 4.69) is 32.2 Å². The average Bonchev–Trinajstić information content (AvgIpc) is 3.94. The molecule has 0 unspecified atom stereocenters. The maximum atomic E-state index is 15.6. The largest absolute Gasteiger partial charge is 0.497 e. The van der Waals surface area contributed by atoms with E-state index in [9.17, 15) is 14.7 Å². The molecular formula is C52H45N3O6Si. The molecule has 3 amide bonds. The van der Waals surface area contributed by atoms with Crippen molar-refractivity contribution in [2.45, 2.75) is 50.2 Å². The molecule has 9 nitrogen and oxygen atoms in total. The van der Waals surface area contributed by atoms with E-state index < -0.39 is 19.8 Å². The number of anilines is 5. The standard InChI is InChI=1S/C52H45N3O6Si/c1-31-48(62(3,4)38-24-22-37(60-2)23-25-38)45(27-28-56)61-52(31)41-29-36(55-44-16-8-12-34-10-6-14-40(47(34)44)50(55)58)21-26-42(41)53(51(52)59)30-32-17-19-35(20-18-32)54-43-15-7-11-33-9-5-13-39(46(33)43)49(54)57/h5-26,29,31,45,48,56H,27-28,30H2,1-4H3/t31-,45+,48-,52+/m0/s1. The minimum atomic E-state index is -2.44. The van der Waals surface area contributed by atoms with Gasteiger partial charge in [0, 0.05) is 40.2 Å². The number of carbonyl (C=O) groups is 3. The van der Waals surface area contributed by atoms with Gasteiger partial charge in [-0.3, -0.25) is 24.2 Å². The van der Waals surface area contributed by atoms with Crippen molar-refractivity contribution in [3.8, 4) is 5.75 Å². The van der Waals surface area contributed by atoms with Crippen LogP contribution in [0, 0.1) is 5.92 Å². The Balaban J connectivity index is 1.00. The van der Waals surface area contributed by atoms with Gasteiger partial charge < -0.3 is 19.5 Å². The highest BCUT2D eigenvalue weighted by atomic mass is 28.3. The number of carbonyl (C=O) groups excluding carboxylic acids is 3. The minimum absolute atomic E-state index is 0.0549. The van der Waals surface area contributed by atoms with E-state index >= 15 is 4.79 Å². The Hall–Kier alpha value is -6.59. The number of fused-ring (bicyclic) bond motifs is 2. The van der Waals surface area contributed by atoms with Gasteiger partial charge in [0.1, 0.15) is 5.75 Å². The monoisotopic (exact) mass is 835 g/mol. The van der Waals surface area contributed by atoms with Crippen LogP contribution in [0.2, 0.25) is 18.6 Å². The number of nitrogens with zero attached hydrogens (tertiary/aromatic N) is 3. The van der Waals surface area contributed by atoms with E-state index in [-0.39, 0.29) is 42.3 Å². The van der Waals surface area contributed by atoms with Crippen LogP contribution in [-0.4, -0.2) is 50.7 Å². The van der Waals surface area contributed by atoms with Crippen LogP contribution in [0.4, 0.5) is 28.4 Å². The third-order valence-electron chi connectivity index (χ3n) is 14.1. The topological polar surface area (TPSA) is 99.6 Å². The average molecular weight is 836 g/mol. The van der Waals surface area contributed by atoms with Gasteiger partial charge in [-0.05, 0) is 95.0 Å². The van der Waals surface area contributed by atoms with Gasteiger partial charge in [-0.2, -0.15) is 0 Å². The highest BCUT2D eigenvalue weighted by Gasteiger charge is 2.66. The molecule has 1 fully saturated rings. The predicted molar refractivity (Wildman–Crippen MR) is 246 cm³/mol. The fraction of sp³-hybridized carbons (Fsp3) is 0.212. The zero-order valence-electron chi connectivity index (χ0n) is 35.0. The Labute approximate surface area is 360 Å². The summed E-state index contributed by atoms with van der Waals surface area (Å²) in [5.41, 5.74) is 5.28. The summed E-state index contributed by atoms with van der Waals surface area (Å²) in [4.78, 5) is 49.0. The highest BCUT2D eigenvalue weighted by Crippen LogP contribution is 2.61. The zero-order chi connectivity index (χ0) is 42.7. The Kier molecular flexibility index (Phi) is 8.64. The molecule has 4 aliphatic rings. The summed E-state index contributed by atoms with van der Waals surface area (Å²) in [6.45, 7) is 6.95. The molecule has 0 aliphatic carbocycles. The van der Waals surface area contributed by atoms with Crippen molar-refractivity contribution in [3.63, 3.8) is 0 Å². The first kappa shape index (κ1) is 38.3. The summed E-state index contributed by atoms with van der Waals surface area (Å²) in [7, 11) is -0.778. The van der Waals surface area contributed by atoms with Crippen LogP contribution in [0.25, 0.3) is 21.5 Å². The number of hydrogen-bond acceptors (Lipinski definition) is 6. The zero-order valence-corrected chi connectivity index (χ0v) is 36.0. The SMILES string of the molecule is COc1ccc([Si](C)(C)[C@@H]2[C@@H](CCO)O[C@]3(C(=O)N(Cc4ccc(N5C(=O)c6cccc7cccc5c67)cc4)c4ccc(N5C(=O)c6cccc7cccc5c67)cc43)[C@H]2C)cc1. The lowest BCUT2D eigenvalue weighted by molar-refractivity contribution is -0.146. The second-order valence-corrected chi connectivity index (χ2v) is 22.3. The molecule has 0 aromatic heterocycles. The molecular weight excluding hydrogens is 791 g/mol. The Morgan fingerprint density at radius 1 is 0.694 bits per heavy atom. The van der Waals surface area contributed by atoms with Gasteiger partial charge in [0.05, 0.1) is 56.0 Å². The lowest BCUT2D eigenvalue weighted by atomic mass is 9.82. The van der Waals surface area contributed by atoms with E-state index in [1.807, 2.05) is 132 Å². The molecule has 7 aromatic rings. The van der Waals surface area contributed by atoms with Crippen molar-refractivity contribution in [1.29, 1.82) is 0 Å². The Bertz CT molecular complexity index is 3010. The fourth-order valence-electron chi connectivity index (χ4n) is 11.3. The number of hydrogen-bond donors (Lipinski definition) is 1. The molecule has 0 bridgehead atoms. The maximum Gasteiger partial charge on any atom is 0.264 e. The Morgan fingerprint density at radius 3 is 1.84 bits per heavy atom. The molecule has 11 rings (SSSR count). The van der Waals surface area contributed by atoms with Gasteiger partial charge >= 0.3 is 0 Å². The normalized spacial score (nSPS) is 21.3. The van der Waals surface area contributed by atoms with Gasteiger partial charge in [0.2, 0.25) is 0 Å². The van der Waals surface area contributed by atoms with E-state index in [1.54, 1.807) is 16.9 Å². The number of aliphatic hydroxyl groups excluding tert-OH is 1. The number of aliphatic hydroxyl groups is 1. The van der Waals surface area contributed by atoms with Crippen molar-refractivity contribution in [2.24, 2.45) is 5.92 Å². The summed E-state index contributed by atoms with van der Waals surface area (Å²) in [6, 6.07) is 45.5. The lowest BCUT2D eigenvalue weighted by Gasteiger charge is -2.37. The second kappa shape index (κ2) is 14.0. The van der Waals surface area contributed by atoms with Crippen LogP contribution in [-0.2, 0) is 21.7 Å². The molecule has 4 heterocycles. The third-order valence-corrected chi connectivity index (χ3v) is 18.5. The number of ether oxygens (including phenoxy) is 2. The van der Waals surface area contributed by atoms with E-state index in [0.717, 1.165) is 61.2 Å². The molecule has 0 radical (unpaired) electrons. The Morgan fingerprint density at radius 2 is 1.26 bits per heavy atom. The lowest BCUT2D eigenvalue weighted by Crippen LogP contribution is -2.51. The first-order valence-corrected chi connectivity index (χ1v) is 24.4. The highest BCUT2D eigenvalue weighted by molar-refractivity contribution is 6.91. The first-order chi connectivity index (χ1) is 30.1. The quantitative estimate of drug-likeness (QED) is 0.146. The number of amides is 3. The van der Waals surface area contributed by atoms with Crippen LogP contribution in [0.15, 0.2) is 140 Å². The molecule has 308 valence electrons. The molecule has 62 heavy (non-hydrogen) atoms. The third kappa shape index (κ3) is 5.30. The summed E-state index contributed by atoms with van der Waals surface area (Å²) >= 11 is 0. The summed E-state index contributed by atoms with van der Waals surface area (Å²) in [5, 5.41) is 15.6. The van der Waals surface area contributed by atoms with Gasteiger partial charge in [0.15, 0.2) is 5.60 Å². The van der Waals surface area contributed by atoms with E-state index in [0.29, 0.717) is 23.2 Å². The van der Waals surface area contributed by atoms with Gasteiger partial charge in [-0.15, -0.1) is 0 Å². The van der Waals surface area contributed by atoms with Crippen LogP contribution >= 0.6 is 0 Å². The van der Waals surface area contributed by atoms with Crippen molar-refractivity contribution in [1.82, 2.24) is 0 Å². The summed E-state index contributed by atoms with van der Waals surface area (Å²) in [6.07, 6.45) is -0.0292. The maximum absolute atomic E-state index is 15.6. The molecule has 1 saturated heterocycles. The molecule has 1 spiro atoms. The van der Waals surface area contributed by atoms with Crippen LogP contribution < -0.4 is 24.6 Å². The van der Waals surface area contributed by atoms with Gasteiger partial charge in [0.25, 0.3) is 17.7 Å². The fourth-order valence-corrected chi connectivity index (χ4v) is 15.3. The molecule has 1 N–H and O–H groups in total. The minimum Gasteiger partial charge on any atom is -0.497 e. The van der Waals surface area contributed by atoms with Crippen molar-refractivity contribution >= 4 is 81.0 Å². The molecule has 7 aromatic carbocycles. The molecule has 0 saturated carbocycles. The summed E-state index contributed by atoms with van der Waals surface area (Å²) < 4.78 is 12.8. The number of rotatable bonds is 9. The predicted octanol–water partition coefficient (Wildman–Crippen LogP) is 9.73. The second-order valence-electron chi connectivity index (χ2n) is 17.6. The molecule has 4 aliphatic heterocycles. The van der Waals surface area contributed by atoms with E-state index in [1.165, 1.54) is 5.19 Å². The van der Waals surface area contributed by atoms with Crippen LogP contribution in [0.5, 0.6) is 5.75 Å². The first-order valence-electron chi connectivity index (χ1n) is 21.3. The van der Waals surface area contributed by atoms with Crippen molar-refractivity contribution in [3.05, 3.63) is 162 Å².